The number of hydrogen-bond acceptors (Lipinski definition) is 6. The molecule has 0 saturated carbocycles. The van der Waals surface area contributed by atoms with E-state index in [2.05, 4.69) is 340 Å². The minimum atomic E-state index is -0.656. The van der Waals surface area contributed by atoms with Crippen molar-refractivity contribution < 1.29 is 14.4 Å². The van der Waals surface area contributed by atoms with Crippen LogP contribution in [0, 0.1) is 47.0 Å². The van der Waals surface area contributed by atoms with Gasteiger partial charge in [0.25, 0.3) is 0 Å². The fourth-order valence-corrected chi connectivity index (χ4v) is 14.7. The average molecular weight is 1550 g/mol. The lowest BCUT2D eigenvalue weighted by Crippen LogP contribution is -2.32. The molecule has 0 unspecified atom stereocenters. The standard InChI is InChI=1S/C48H44N4O3.2C30H37N/c1-21-23(3)42-38(33-15-11-31(12-16-33)28(8)53)44-25(5)26(6)45(51-44)40-35-20-48(41(35)30(10)55)27(7)46(52-47(40)48)39(34-17-13-32(14-18-34)29(9)54)43-24(4)22(2)37(50-43)19-36(21)49-42;2*1-7-12-25(2)15-10-16-26(3)13-8-9-14-27(4)17-11-18-28(5)19-20-29-21-23-30(31-6)24-22-29/h11-19,49-52H,7,20H2,1-6,8-10H3;2*7-24,31H,1-6H3/b;2*9-8+,12-7+,16-10+,17-11+,20-19+,25-15+,26-13+,27-14+,28-18+/t48-;;/m0../s1. The number of ketones is 3. The molecule has 9 nitrogen and oxygen atoms in total. The minimum Gasteiger partial charge on any atom is -0.388 e. The number of benzene rings is 4. The van der Waals surface area contributed by atoms with Crippen molar-refractivity contribution in [1.82, 2.24) is 20.3 Å². The number of rotatable bonds is 25. The van der Waals surface area contributed by atoms with Crippen LogP contribution in [0.3, 0.4) is 0 Å². The monoisotopic (exact) mass is 1550 g/mol. The van der Waals surface area contributed by atoms with Gasteiger partial charge in [-0.05, 0) is 235 Å². The summed E-state index contributed by atoms with van der Waals surface area (Å²) < 4.78 is 0. The molecule has 598 valence electrons. The number of allylic oxidation sites excluding steroid dienone is 38. The average Bonchev–Trinajstić information content (AvgIpc) is 1.48. The number of nitrogens with one attached hydrogen (secondary N) is 6. The van der Waals surface area contributed by atoms with Crippen LogP contribution >= 0.6 is 0 Å². The largest absolute Gasteiger partial charge is 0.388 e. The Balaban J connectivity index is 0.000000217. The van der Waals surface area contributed by atoms with Gasteiger partial charge < -0.3 is 30.9 Å². The molecule has 0 radical (unpaired) electrons. The summed E-state index contributed by atoms with van der Waals surface area (Å²) in [6.07, 6.45) is 61.7. The van der Waals surface area contributed by atoms with E-state index < -0.39 is 5.41 Å². The number of Topliss-reactive ketones (excluding diaryl/α,β-unsaturated/α-hetero) is 3. The van der Waals surface area contributed by atoms with Crippen molar-refractivity contribution in [2.24, 2.45) is 5.41 Å². The molecule has 3 aliphatic carbocycles. The van der Waals surface area contributed by atoms with Crippen molar-refractivity contribution in [2.75, 3.05) is 24.7 Å². The van der Waals surface area contributed by atoms with Crippen LogP contribution < -0.4 is 26.6 Å². The first-order chi connectivity index (χ1) is 56.0. The number of aromatic nitrogens is 3. The third-order valence-corrected chi connectivity index (χ3v) is 21.9. The second-order valence-corrected chi connectivity index (χ2v) is 30.7. The lowest BCUT2D eigenvalue weighted by Gasteiger charge is -2.36. The molecular weight excluding hydrogens is 1430 g/mol. The molecule has 10 bridgehead atoms. The lowest BCUT2D eigenvalue weighted by molar-refractivity contribution is -0.114. The topological polar surface area (TPSA) is 135 Å². The molecule has 7 aromatic rings. The van der Waals surface area contributed by atoms with E-state index in [-0.39, 0.29) is 17.3 Å². The number of aromatic amines is 3. The Kier molecular flexibility index (Phi) is 30.8. The molecule has 1 saturated heterocycles. The molecule has 12 rings (SSSR count). The number of carbonyl (C=O) groups is 3. The zero-order valence-electron chi connectivity index (χ0n) is 72.6. The van der Waals surface area contributed by atoms with Crippen molar-refractivity contribution in [2.45, 2.75) is 138 Å². The Morgan fingerprint density at radius 3 is 1.15 bits per heavy atom. The van der Waals surface area contributed by atoms with Crippen LogP contribution in [-0.2, 0) is 4.79 Å². The highest BCUT2D eigenvalue weighted by molar-refractivity contribution is 6.12. The first kappa shape index (κ1) is 88.1. The zero-order valence-corrected chi connectivity index (χ0v) is 72.6. The SMILES string of the molecule is C/C=C/C(C)=C/C=C/C(C)=C/C=C/C=C(C)/C=C/C=C(C)/C=C/c1ccc(NC)cc1.C/C=C/C(C)=C/C=C/C(C)=C/C=C/C=C(C)/C=C/C=C(C)/C=C/c1ccc(NC)cc1.C=C1C2=C(c3ccc(C(C)=O)cc3)c3[nH]c(c(C)c3C)C=c3[nH]c(c(C)c3C)=C(c3ccc(C(C)=O)cc3)c3[nH]c(c(C)c3C)C3=C(N2)[C@@]12CC3=C2C(C)=O. The predicted octanol–water partition coefficient (Wildman–Crippen LogP) is 25.5. The summed E-state index contributed by atoms with van der Waals surface area (Å²) in [6.45, 7) is 43.4. The van der Waals surface area contributed by atoms with E-state index in [9.17, 15) is 14.4 Å². The number of hydrogen-bond donors (Lipinski definition) is 6. The van der Waals surface area contributed by atoms with Crippen LogP contribution in [0.25, 0.3) is 34.9 Å². The van der Waals surface area contributed by atoms with Crippen molar-refractivity contribution >= 4 is 63.7 Å². The number of H-pyrrole nitrogens is 3. The maximum absolute atomic E-state index is 13.7. The van der Waals surface area contributed by atoms with E-state index in [0.29, 0.717) is 17.5 Å². The molecule has 117 heavy (non-hydrogen) atoms. The fourth-order valence-electron chi connectivity index (χ4n) is 14.7. The van der Waals surface area contributed by atoms with Gasteiger partial charge in [-0.2, -0.15) is 0 Å². The highest BCUT2D eigenvalue weighted by Gasteiger charge is 2.64. The number of carbonyl (C=O) groups excluding carboxylic acids is 3. The van der Waals surface area contributed by atoms with E-state index in [0.717, 1.165) is 134 Å². The van der Waals surface area contributed by atoms with Crippen LogP contribution in [0.2, 0.25) is 0 Å². The summed E-state index contributed by atoms with van der Waals surface area (Å²) in [7, 11) is 3.86. The van der Waals surface area contributed by atoms with Gasteiger partial charge in [0.15, 0.2) is 17.3 Å². The molecular formula is C108H118N6O3. The van der Waals surface area contributed by atoms with Gasteiger partial charge in [0.05, 0.1) is 33.5 Å². The van der Waals surface area contributed by atoms with Crippen molar-refractivity contribution in [3.8, 4) is 0 Å². The summed E-state index contributed by atoms with van der Waals surface area (Å²) in [4.78, 5) is 49.9. The summed E-state index contributed by atoms with van der Waals surface area (Å²) >= 11 is 0. The highest BCUT2D eigenvalue weighted by atomic mass is 16.1. The normalized spacial score (nSPS) is 16.5. The highest BCUT2D eigenvalue weighted by Crippen LogP contribution is 2.71. The van der Waals surface area contributed by atoms with Crippen LogP contribution in [0.1, 0.15) is 196 Å². The molecule has 0 amide bonds. The van der Waals surface area contributed by atoms with E-state index in [4.69, 9.17) is 6.58 Å². The summed E-state index contributed by atoms with van der Waals surface area (Å²) in [6, 6.07) is 32.4. The molecule has 3 aromatic heterocycles. The molecule has 6 N–H and O–H groups in total. The first-order valence-corrected chi connectivity index (χ1v) is 40.4. The van der Waals surface area contributed by atoms with E-state index in [1.54, 1.807) is 20.8 Å². The molecule has 5 heterocycles. The number of anilines is 2. The van der Waals surface area contributed by atoms with Gasteiger partial charge in [0.1, 0.15) is 0 Å². The Morgan fingerprint density at radius 1 is 0.393 bits per heavy atom. The van der Waals surface area contributed by atoms with Gasteiger partial charge in [0.2, 0.25) is 0 Å². The second-order valence-electron chi connectivity index (χ2n) is 30.7. The quantitative estimate of drug-likeness (QED) is 0.0249. The van der Waals surface area contributed by atoms with Gasteiger partial charge in [-0.25, -0.2) is 0 Å². The second kappa shape index (κ2) is 40.9. The Hall–Kier alpha value is -12.9. The van der Waals surface area contributed by atoms with E-state index >= 15 is 0 Å². The predicted molar refractivity (Wildman–Crippen MR) is 503 cm³/mol. The third-order valence-electron chi connectivity index (χ3n) is 21.9. The van der Waals surface area contributed by atoms with Gasteiger partial charge in [-0.1, -0.05) is 294 Å². The third kappa shape index (κ3) is 21.8. The van der Waals surface area contributed by atoms with Crippen LogP contribution in [0.4, 0.5) is 11.4 Å². The molecule has 9 heteroatoms. The Morgan fingerprint density at radius 2 is 0.761 bits per heavy atom. The number of fused-ring (bicyclic) bond motifs is 7. The van der Waals surface area contributed by atoms with Crippen molar-refractivity contribution in [1.29, 1.82) is 0 Å². The molecule has 4 aromatic carbocycles. The Bertz CT molecular complexity index is 5640. The van der Waals surface area contributed by atoms with E-state index in [1.165, 1.54) is 55.7 Å². The van der Waals surface area contributed by atoms with Gasteiger partial charge in [-0.3, -0.25) is 14.4 Å². The van der Waals surface area contributed by atoms with Gasteiger partial charge in [0, 0.05) is 75.6 Å². The van der Waals surface area contributed by atoms with Crippen LogP contribution in [-0.4, -0.2) is 46.4 Å². The Labute approximate surface area is 696 Å². The molecule has 1 fully saturated rings. The van der Waals surface area contributed by atoms with Gasteiger partial charge in [-0.15, -0.1) is 0 Å². The van der Waals surface area contributed by atoms with Crippen molar-refractivity contribution in [3.05, 3.63) is 435 Å². The first-order valence-electron chi connectivity index (χ1n) is 40.4. The maximum Gasteiger partial charge on any atom is 0.159 e. The smallest absolute Gasteiger partial charge is 0.159 e. The fraction of sp³-hybridized carbons (Fsp3) is 0.213. The molecule has 1 spiro atoms. The molecule has 1 atom stereocenters. The molecule has 2 aliphatic heterocycles. The van der Waals surface area contributed by atoms with Crippen molar-refractivity contribution in [3.63, 3.8) is 0 Å². The summed E-state index contributed by atoms with van der Waals surface area (Å²) in [5, 5.41) is 12.2. The lowest BCUT2D eigenvalue weighted by atomic mass is 9.63. The maximum atomic E-state index is 13.7. The van der Waals surface area contributed by atoms with Gasteiger partial charge >= 0.3 is 0 Å². The summed E-state index contributed by atoms with van der Waals surface area (Å²) in [5.74, 6) is 0.0830. The van der Waals surface area contributed by atoms with Crippen LogP contribution in [0.15, 0.2) is 334 Å². The minimum absolute atomic E-state index is 0.0104. The zero-order chi connectivity index (χ0) is 84.8. The van der Waals surface area contributed by atoms with E-state index in [1.807, 2.05) is 88.6 Å². The van der Waals surface area contributed by atoms with Crippen LogP contribution in [0.5, 0.6) is 0 Å². The molecule has 5 aliphatic rings. The summed E-state index contributed by atoms with van der Waals surface area (Å²) in [5.41, 5.74) is 35.2.